The van der Waals surface area contributed by atoms with E-state index in [0.717, 1.165) is 29.3 Å². The zero-order valence-corrected chi connectivity index (χ0v) is 18.8. The molecular weight excluding hydrogens is 471 g/mol. The van der Waals surface area contributed by atoms with Crippen LogP contribution in [0.2, 0.25) is 0 Å². The largest absolute Gasteiger partial charge is 0.366 e. The van der Waals surface area contributed by atoms with Crippen LogP contribution in [0, 0.1) is 3.57 Å². The number of primary amides is 1. The van der Waals surface area contributed by atoms with Crippen molar-refractivity contribution in [2.45, 2.75) is 39.2 Å². The number of nitrogens with two attached hydrogens (primary N) is 1. The number of aromatic nitrogens is 1. The van der Waals surface area contributed by atoms with E-state index in [4.69, 9.17) is 5.73 Å². The molecule has 4 aromatic rings. The first-order chi connectivity index (χ1) is 14.1. The highest BCUT2D eigenvalue weighted by atomic mass is 127. The van der Waals surface area contributed by atoms with E-state index >= 15 is 0 Å². The number of benzene rings is 3. The SMILES string of the molecule is CCCCCc1ccc2c3c(C(N)=O)cccc3n(Cc3ccc(I)cc3)c2c1. The lowest BCUT2D eigenvalue weighted by Gasteiger charge is -2.09. The van der Waals surface area contributed by atoms with E-state index in [1.807, 2.05) is 12.1 Å². The second-order valence-corrected chi connectivity index (χ2v) is 8.83. The predicted octanol–water partition coefficient (Wildman–Crippen LogP) is 6.28. The third-order valence-electron chi connectivity index (χ3n) is 5.54. The van der Waals surface area contributed by atoms with Crippen molar-refractivity contribution in [3.63, 3.8) is 0 Å². The molecule has 2 N–H and O–H groups in total. The van der Waals surface area contributed by atoms with Crippen LogP contribution >= 0.6 is 22.6 Å². The number of hydrogen-bond donors (Lipinski definition) is 1. The second kappa shape index (κ2) is 8.57. The van der Waals surface area contributed by atoms with Gasteiger partial charge < -0.3 is 10.3 Å². The molecule has 0 aliphatic carbocycles. The smallest absolute Gasteiger partial charge is 0.249 e. The van der Waals surface area contributed by atoms with Crippen molar-refractivity contribution in [1.82, 2.24) is 4.57 Å². The minimum absolute atomic E-state index is 0.379. The Bertz CT molecular complexity index is 1180. The zero-order valence-electron chi connectivity index (χ0n) is 16.6. The Balaban J connectivity index is 1.91. The Kier molecular flexibility index (Phi) is 5.90. The molecule has 0 atom stereocenters. The lowest BCUT2D eigenvalue weighted by atomic mass is 10.0. The van der Waals surface area contributed by atoms with E-state index < -0.39 is 0 Å². The van der Waals surface area contributed by atoms with E-state index in [1.165, 1.54) is 39.5 Å². The van der Waals surface area contributed by atoms with Crippen LogP contribution in [0.15, 0.2) is 60.7 Å². The molecule has 148 valence electrons. The highest BCUT2D eigenvalue weighted by Crippen LogP contribution is 2.33. The van der Waals surface area contributed by atoms with E-state index in [9.17, 15) is 4.79 Å². The Morgan fingerprint density at radius 1 is 0.966 bits per heavy atom. The summed E-state index contributed by atoms with van der Waals surface area (Å²) in [7, 11) is 0. The molecule has 1 aromatic heterocycles. The van der Waals surface area contributed by atoms with Gasteiger partial charge in [0.2, 0.25) is 5.91 Å². The van der Waals surface area contributed by atoms with Crippen molar-refractivity contribution in [2.24, 2.45) is 5.73 Å². The molecule has 0 aliphatic rings. The van der Waals surface area contributed by atoms with Gasteiger partial charge in [0.15, 0.2) is 0 Å². The molecule has 0 radical (unpaired) electrons. The van der Waals surface area contributed by atoms with Gasteiger partial charge in [0.1, 0.15) is 0 Å². The average molecular weight is 496 g/mol. The fourth-order valence-corrected chi connectivity index (χ4v) is 4.43. The molecule has 4 heteroatoms. The number of fused-ring (bicyclic) bond motifs is 3. The van der Waals surface area contributed by atoms with Crippen LogP contribution in [0.3, 0.4) is 0 Å². The predicted molar refractivity (Wildman–Crippen MR) is 129 cm³/mol. The first-order valence-electron chi connectivity index (χ1n) is 10.2. The van der Waals surface area contributed by atoms with Crippen LogP contribution in [-0.2, 0) is 13.0 Å². The minimum atomic E-state index is -0.379. The van der Waals surface area contributed by atoms with E-state index in [-0.39, 0.29) is 5.91 Å². The van der Waals surface area contributed by atoms with Gasteiger partial charge in [-0.25, -0.2) is 0 Å². The Morgan fingerprint density at radius 2 is 1.72 bits per heavy atom. The molecule has 1 amide bonds. The molecular formula is C25H25IN2O. The summed E-state index contributed by atoms with van der Waals surface area (Å²) in [5.74, 6) is -0.379. The molecule has 3 aromatic carbocycles. The molecule has 1 heterocycles. The van der Waals surface area contributed by atoms with E-state index in [2.05, 4.69) is 82.6 Å². The van der Waals surface area contributed by atoms with Gasteiger partial charge >= 0.3 is 0 Å². The van der Waals surface area contributed by atoms with Crippen LogP contribution < -0.4 is 5.73 Å². The molecule has 0 spiro atoms. The molecule has 0 unspecified atom stereocenters. The number of carbonyl (C=O) groups is 1. The standard InChI is InChI=1S/C25H25IN2O/c1-2-3-4-6-17-11-14-20-23(15-17)28(16-18-9-12-19(26)13-10-18)22-8-5-7-21(24(20)22)25(27)29/h5,7-15H,2-4,6,16H2,1H3,(H2,27,29). The number of hydrogen-bond acceptors (Lipinski definition) is 1. The van der Waals surface area contributed by atoms with Gasteiger partial charge in [-0.1, -0.05) is 50.1 Å². The summed E-state index contributed by atoms with van der Waals surface area (Å²) in [5, 5.41) is 2.06. The number of unbranched alkanes of at least 4 members (excludes halogenated alkanes) is 2. The summed E-state index contributed by atoms with van der Waals surface area (Å²) in [6, 6.07) is 21.1. The van der Waals surface area contributed by atoms with Crippen LogP contribution in [0.25, 0.3) is 21.8 Å². The van der Waals surface area contributed by atoms with Gasteiger partial charge in [-0.2, -0.15) is 0 Å². The Labute approximate surface area is 185 Å². The van der Waals surface area contributed by atoms with Crippen molar-refractivity contribution in [3.05, 3.63) is 80.9 Å². The number of rotatable bonds is 7. The summed E-state index contributed by atoms with van der Waals surface area (Å²) in [4.78, 5) is 12.1. The third kappa shape index (κ3) is 4.04. The van der Waals surface area contributed by atoms with Crippen LogP contribution in [-0.4, -0.2) is 10.5 Å². The molecule has 0 fully saturated rings. The number of halogens is 1. The summed E-state index contributed by atoms with van der Waals surface area (Å²) >= 11 is 2.33. The quantitative estimate of drug-likeness (QED) is 0.238. The van der Waals surface area contributed by atoms with E-state index in [1.54, 1.807) is 0 Å². The summed E-state index contributed by atoms with van der Waals surface area (Å²) < 4.78 is 3.55. The fraction of sp³-hybridized carbons (Fsp3) is 0.240. The van der Waals surface area contributed by atoms with Gasteiger partial charge in [-0.05, 0) is 76.9 Å². The van der Waals surface area contributed by atoms with Crippen molar-refractivity contribution >= 4 is 50.3 Å². The topological polar surface area (TPSA) is 48.0 Å². The molecule has 4 rings (SSSR count). The normalized spacial score (nSPS) is 11.4. The van der Waals surface area contributed by atoms with Crippen molar-refractivity contribution < 1.29 is 4.79 Å². The minimum Gasteiger partial charge on any atom is -0.366 e. The number of amides is 1. The average Bonchev–Trinajstić information content (AvgIpc) is 3.03. The molecule has 0 aliphatic heterocycles. The zero-order chi connectivity index (χ0) is 20.4. The molecule has 3 nitrogen and oxygen atoms in total. The highest BCUT2D eigenvalue weighted by molar-refractivity contribution is 14.1. The lowest BCUT2D eigenvalue weighted by Crippen LogP contribution is -2.11. The number of aryl methyl sites for hydroxylation is 1. The van der Waals surface area contributed by atoms with Crippen LogP contribution in [0.1, 0.15) is 47.7 Å². The lowest BCUT2D eigenvalue weighted by molar-refractivity contribution is 0.100. The summed E-state index contributed by atoms with van der Waals surface area (Å²) in [6.07, 6.45) is 4.75. The number of nitrogens with zero attached hydrogens (tertiary/aromatic N) is 1. The first-order valence-corrected chi connectivity index (χ1v) is 11.2. The molecule has 0 bridgehead atoms. The molecule has 0 saturated carbocycles. The van der Waals surface area contributed by atoms with Crippen molar-refractivity contribution in [1.29, 1.82) is 0 Å². The van der Waals surface area contributed by atoms with Gasteiger partial charge in [-0.15, -0.1) is 0 Å². The maximum atomic E-state index is 12.1. The maximum Gasteiger partial charge on any atom is 0.249 e. The Morgan fingerprint density at radius 3 is 2.45 bits per heavy atom. The van der Waals surface area contributed by atoms with Crippen molar-refractivity contribution in [3.8, 4) is 0 Å². The fourth-order valence-electron chi connectivity index (χ4n) is 4.07. The molecule has 0 saturated heterocycles. The van der Waals surface area contributed by atoms with Gasteiger partial charge in [0.05, 0.1) is 5.52 Å². The van der Waals surface area contributed by atoms with Gasteiger partial charge in [0.25, 0.3) is 0 Å². The second-order valence-electron chi connectivity index (χ2n) is 7.59. The summed E-state index contributed by atoms with van der Waals surface area (Å²) in [5.41, 5.74) is 11.1. The highest BCUT2D eigenvalue weighted by Gasteiger charge is 2.17. The number of carbonyl (C=O) groups excluding carboxylic acids is 1. The van der Waals surface area contributed by atoms with Crippen LogP contribution in [0.5, 0.6) is 0 Å². The molecule has 29 heavy (non-hydrogen) atoms. The third-order valence-corrected chi connectivity index (χ3v) is 6.26. The maximum absolute atomic E-state index is 12.1. The van der Waals surface area contributed by atoms with Gasteiger partial charge in [0, 0.05) is 32.0 Å². The van der Waals surface area contributed by atoms with Gasteiger partial charge in [-0.3, -0.25) is 4.79 Å². The summed E-state index contributed by atoms with van der Waals surface area (Å²) in [6.45, 7) is 2.99. The van der Waals surface area contributed by atoms with Crippen LogP contribution in [0.4, 0.5) is 0 Å². The first kappa shape index (κ1) is 20.0. The van der Waals surface area contributed by atoms with Crippen molar-refractivity contribution in [2.75, 3.05) is 0 Å². The monoisotopic (exact) mass is 496 g/mol. The van der Waals surface area contributed by atoms with E-state index in [0.29, 0.717) is 5.56 Å². The Hall–Kier alpha value is -2.34.